The second-order valence-electron chi connectivity index (χ2n) is 4.24. The molecule has 2 N–H and O–H groups in total. The maximum absolute atomic E-state index is 5.94. The molecule has 0 spiro atoms. The monoisotopic (exact) mass is 220 g/mol. The van der Waals surface area contributed by atoms with E-state index < -0.39 is 0 Å². The molecule has 0 bridgehead atoms. The van der Waals surface area contributed by atoms with Gasteiger partial charge < -0.3 is 5.73 Å². The SMILES string of the molecule is CCCN(CC)C(CN)c1ccccc1C. The van der Waals surface area contributed by atoms with Gasteiger partial charge in [0.1, 0.15) is 0 Å². The quantitative estimate of drug-likeness (QED) is 0.798. The third-order valence-electron chi connectivity index (χ3n) is 3.13. The van der Waals surface area contributed by atoms with Crippen molar-refractivity contribution in [3.8, 4) is 0 Å². The molecular weight excluding hydrogens is 196 g/mol. The fraction of sp³-hybridized carbons (Fsp3) is 0.571. The van der Waals surface area contributed by atoms with Crippen LogP contribution < -0.4 is 5.73 Å². The molecule has 0 aromatic heterocycles. The van der Waals surface area contributed by atoms with Crippen LogP contribution >= 0.6 is 0 Å². The van der Waals surface area contributed by atoms with Gasteiger partial charge in [-0.25, -0.2) is 0 Å². The van der Waals surface area contributed by atoms with Crippen molar-refractivity contribution in [2.75, 3.05) is 19.6 Å². The molecular formula is C14H24N2. The van der Waals surface area contributed by atoms with Gasteiger partial charge in [0.15, 0.2) is 0 Å². The minimum Gasteiger partial charge on any atom is -0.329 e. The summed E-state index contributed by atoms with van der Waals surface area (Å²) in [4.78, 5) is 2.46. The van der Waals surface area contributed by atoms with Crippen LogP contribution in [0.15, 0.2) is 24.3 Å². The summed E-state index contributed by atoms with van der Waals surface area (Å²) in [6, 6.07) is 8.92. The first-order chi connectivity index (χ1) is 7.74. The number of nitrogens with two attached hydrogens (primary N) is 1. The lowest BCUT2D eigenvalue weighted by Crippen LogP contribution is -2.34. The van der Waals surface area contributed by atoms with Gasteiger partial charge in [-0.1, -0.05) is 38.1 Å². The van der Waals surface area contributed by atoms with Gasteiger partial charge in [-0.15, -0.1) is 0 Å². The zero-order valence-electron chi connectivity index (χ0n) is 10.7. The number of rotatable bonds is 6. The van der Waals surface area contributed by atoms with Crippen molar-refractivity contribution in [1.29, 1.82) is 0 Å². The number of nitrogens with zero attached hydrogens (tertiary/aromatic N) is 1. The molecule has 0 saturated heterocycles. The van der Waals surface area contributed by atoms with E-state index in [-0.39, 0.29) is 0 Å². The Labute approximate surface area is 99.5 Å². The van der Waals surface area contributed by atoms with Crippen molar-refractivity contribution in [2.24, 2.45) is 5.73 Å². The molecule has 0 radical (unpaired) electrons. The molecule has 2 heteroatoms. The smallest absolute Gasteiger partial charge is 0.0472 e. The number of likely N-dealkylation sites (N-methyl/N-ethyl adjacent to an activating group) is 1. The molecule has 2 nitrogen and oxygen atoms in total. The van der Waals surface area contributed by atoms with E-state index >= 15 is 0 Å². The summed E-state index contributed by atoms with van der Waals surface area (Å²) in [5.41, 5.74) is 8.65. The Kier molecular flexibility index (Phi) is 5.50. The molecule has 1 aromatic carbocycles. The highest BCUT2D eigenvalue weighted by molar-refractivity contribution is 5.29. The van der Waals surface area contributed by atoms with Crippen LogP contribution in [0.4, 0.5) is 0 Å². The van der Waals surface area contributed by atoms with Crippen molar-refractivity contribution < 1.29 is 0 Å². The Balaban J connectivity index is 2.92. The average Bonchev–Trinajstić information content (AvgIpc) is 2.31. The van der Waals surface area contributed by atoms with Gasteiger partial charge in [-0.2, -0.15) is 0 Å². The fourth-order valence-electron chi connectivity index (χ4n) is 2.25. The van der Waals surface area contributed by atoms with Crippen LogP contribution in [0.5, 0.6) is 0 Å². The molecule has 1 rings (SSSR count). The Morgan fingerprint density at radius 1 is 1.25 bits per heavy atom. The largest absolute Gasteiger partial charge is 0.329 e. The summed E-state index contributed by atoms with van der Waals surface area (Å²) < 4.78 is 0. The van der Waals surface area contributed by atoms with Gasteiger partial charge >= 0.3 is 0 Å². The Hall–Kier alpha value is -0.860. The van der Waals surface area contributed by atoms with Crippen LogP contribution in [-0.4, -0.2) is 24.5 Å². The Bertz CT molecular complexity index is 309. The summed E-state index contributed by atoms with van der Waals surface area (Å²) in [5.74, 6) is 0. The summed E-state index contributed by atoms with van der Waals surface area (Å²) in [6.07, 6.45) is 1.18. The average molecular weight is 220 g/mol. The first-order valence-electron chi connectivity index (χ1n) is 6.24. The molecule has 0 fully saturated rings. The Morgan fingerprint density at radius 3 is 2.44 bits per heavy atom. The topological polar surface area (TPSA) is 29.3 Å². The summed E-state index contributed by atoms with van der Waals surface area (Å²) in [6.45, 7) is 9.46. The highest BCUT2D eigenvalue weighted by Gasteiger charge is 2.17. The van der Waals surface area contributed by atoms with Crippen LogP contribution in [0, 0.1) is 6.92 Å². The molecule has 0 saturated carbocycles. The van der Waals surface area contributed by atoms with E-state index in [1.54, 1.807) is 0 Å². The van der Waals surface area contributed by atoms with E-state index in [1.807, 2.05) is 0 Å². The molecule has 1 unspecified atom stereocenters. The van der Waals surface area contributed by atoms with Gasteiger partial charge in [-0.3, -0.25) is 4.90 Å². The van der Waals surface area contributed by atoms with Crippen LogP contribution in [0.2, 0.25) is 0 Å². The summed E-state index contributed by atoms with van der Waals surface area (Å²) >= 11 is 0. The highest BCUT2D eigenvalue weighted by atomic mass is 15.2. The first-order valence-corrected chi connectivity index (χ1v) is 6.24. The molecule has 90 valence electrons. The van der Waals surface area contributed by atoms with Crippen LogP contribution in [0.25, 0.3) is 0 Å². The van der Waals surface area contributed by atoms with Gasteiger partial charge in [0.05, 0.1) is 0 Å². The molecule has 16 heavy (non-hydrogen) atoms. The van der Waals surface area contributed by atoms with E-state index in [0.717, 1.165) is 13.1 Å². The van der Waals surface area contributed by atoms with Gasteiger partial charge in [0.2, 0.25) is 0 Å². The Morgan fingerprint density at radius 2 is 1.94 bits per heavy atom. The molecule has 0 aliphatic carbocycles. The zero-order chi connectivity index (χ0) is 12.0. The predicted molar refractivity (Wildman–Crippen MR) is 70.5 cm³/mol. The number of aryl methyl sites for hydroxylation is 1. The van der Waals surface area contributed by atoms with Crippen molar-refractivity contribution in [1.82, 2.24) is 4.90 Å². The lowest BCUT2D eigenvalue weighted by Gasteiger charge is -2.30. The zero-order valence-corrected chi connectivity index (χ0v) is 10.7. The number of benzene rings is 1. The van der Waals surface area contributed by atoms with Crippen molar-refractivity contribution in [3.63, 3.8) is 0 Å². The van der Waals surface area contributed by atoms with Gasteiger partial charge in [0, 0.05) is 12.6 Å². The summed E-state index contributed by atoms with van der Waals surface area (Å²) in [5, 5.41) is 0. The van der Waals surface area contributed by atoms with E-state index in [0.29, 0.717) is 12.6 Å². The van der Waals surface area contributed by atoms with Crippen LogP contribution in [-0.2, 0) is 0 Å². The normalized spacial score (nSPS) is 13.1. The lowest BCUT2D eigenvalue weighted by molar-refractivity contribution is 0.212. The number of hydrogen-bond acceptors (Lipinski definition) is 2. The standard InChI is InChI=1S/C14H24N2/c1-4-10-16(5-2)14(11-15)13-9-7-6-8-12(13)3/h6-9,14H,4-5,10-11,15H2,1-3H3. The molecule has 0 heterocycles. The molecule has 0 aliphatic heterocycles. The lowest BCUT2D eigenvalue weighted by atomic mass is 10.00. The fourth-order valence-corrected chi connectivity index (χ4v) is 2.25. The number of hydrogen-bond donors (Lipinski definition) is 1. The first kappa shape index (κ1) is 13.2. The maximum Gasteiger partial charge on any atom is 0.0472 e. The van der Waals surface area contributed by atoms with Crippen LogP contribution in [0.1, 0.15) is 37.4 Å². The van der Waals surface area contributed by atoms with E-state index in [1.165, 1.54) is 17.5 Å². The van der Waals surface area contributed by atoms with Crippen molar-refractivity contribution in [3.05, 3.63) is 35.4 Å². The highest BCUT2D eigenvalue weighted by Crippen LogP contribution is 2.22. The van der Waals surface area contributed by atoms with Crippen molar-refractivity contribution >= 4 is 0 Å². The minimum atomic E-state index is 0.367. The van der Waals surface area contributed by atoms with E-state index in [9.17, 15) is 0 Å². The van der Waals surface area contributed by atoms with Crippen LogP contribution in [0.3, 0.4) is 0 Å². The molecule has 1 atom stereocenters. The van der Waals surface area contributed by atoms with Gasteiger partial charge in [0.25, 0.3) is 0 Å². The summed E-state index contributed by atoms with van der Waals surface area (Å²) in [7, 11) is 0. The molecule has 0 aliphatic rings. The van der Waals surface area contributed by atoms with Gasteiger partial charge in [-0.05, 0) is 37.6 Å². The molecule has 1 aromatic rings. The van der Waals surface area contributed by atoms with E-state index in [4.69, 9.17) is 5.73 Å². The molecule has 0 amide bonds. The maximum atomic E-state index is 5.94. The third kappa shape index (κ3) is 3.06. The third-order valence-corrected chi connectivity index (χ3v) is 3.13. The minimum absolute atomic E-state index is 0.367. The predicted octanol–water partition coefficient (Wildman–Crippen LogP) is 2.73. The second kappa shape index (κ2) is 6.66. The second-order valence-corrected chi connectivity index (χ2v) is 4.24. The van der Waals surface area contributed by atoms with Crippen molar-refractivity contribution in [2.45, 2.75) is 33.2 Å². The van der Waals surface area contributed by atoms with E-state index in [2.05, 4.69) is 49.9 Å².